The van der Waals surface area contributed by atoms with Crippen LogP contribution in [0.2, 0.25) is 0 Å². The molecule has 2 unspecified atom stereocenters. The average Bonchev–Trinajstić information content (AvgIpc) is 2.73. The molecule has 4 rings (SSSR count). The Morgan fingerprint density at radius 3 is 2.66 bits per heavy atom. The minimum Gasteiger partial charge on any atom is -0.487 e. The van der Waals surface area contributed by atoms with Crippen molar-refractivity contribution in [3.8, 4) is 5.75 Å². The fourth-order valence-corrected chi connectivity index (χ4v) is 4.53. The molecule has 2 atom stereocenters. The number of amides is 1. The van der Waals surface area contributed by atoms with Gasteiger partial charge in [-0.15, -0.1) is 0 Å². The molecule has 5 nitrogen and oxygen atoms in total. The van der Waals surface area contributed by atoms with Crippen molar-refractivity contribution in [1.29, 1.82) is 0 Å². The minimum absolute atomic E-state index is 0.0670. The molecule has 3 aliphatic rings. The monoisotopic (exact) mass is 397 g/mol. The molecule has 0 aromatic heterocycles. The van der Waals surface area contributed by atoms with E-state index in [0.29, 0.717) is 5.57 Å². The number of carbonyl (C=O) groups excluding carboxylic acids is 1. The molecular formula is C24H31NO4. The van der Waals surface area contributed by atoms with E-state index in [1.165, 1.54) is 5.56 Å². The van der Waals surface area contributed by atoms with Gasteiger partial charge in [0.05, 0.1) is 6.10 Å². The second-order valence-electron chi connectivity index (χ2n) is 8.52. The number of piperidine rings is 1. The van der Waals surface area contributed by atoms with Gasteiger partial charge in [-0.05, 0) is 44.4 Å². The smallest absolute Gasteiger partial charge is 0.253 e. The molecule has 2 aliphatic heterocycles. The predicted molar refractivity (Wildman–Crippen MR) is 112 cm³/mol. The quantitative estimate of drug-likeness (QED) is 0.778. The van der Waals surface area contributed by atoms with Gasteiger partial charge in [0, 0.05) is 38.6 Å². The first kappa shape index (κ1) is 20.2. The molecule has 0 radical (unpaired) electrons. The molecule has 1 aliphatic carbocycles. The van der Waals surface area contributed by atoms with Gasteiger partial charge in [-0.3, -0.25) is 4.79 Å². The maximum Gasteiger partial charge on any atom is 0.253 e. The normalized spacial score (nSPS) is 25.5. The Bertz CT molecular complexity index is 805. The van der Waals surface area contributed by atoms with Crippen LogP contribution in [-0.4, -0.2) is 54.9 Å². The molecule has 1 fully saturated rings. The number of carbonyl (C=O) groups is 1. The van der Waals surface area contributed by atoms with Gasteiger partial charge in [-0.1, -0.05) is 30.4 Å². The van der Waals surface area contributed by atoms with E-state index < -0.39 is 0 Å². The van der Waals surface area contributed by atoms with Gasteiger partial charge in [-0.25, -0.2) is 0 Å². The van der Waals surface area contributed by atoms with Crippen molar-refractivity contribution >= 4 is 5.91 Å². The summed E-state index contributed by atoms with van der Waals surface area (Å²) in [6.07, 6.45) is 9.23. The van der Waals surface area contributed by atoms with Crippen molar-refractivity contribution in [2.24, 2.45) is 0 Å². The highest BCUT2D eigenvalue weighted by atomic mass is 16.5. The number of likely N-dealkylation sites (tertiary alicyclic amines) is 1. The molecule has 1 saturated heterocycles. The zero-order chi connectivity index (χ0) is 20.4. The Kier molecular flexibility index (Phi) is 5.79. The van der Waals surface area contributed by atoms with E-state index in [1.807, 2.05) is 43.0 Å². The standard InChI is InChI=1S/C24H31NO4/c1-17(2)28-21-9-8-19(16-22(21)27-3)23(26)25-14-12-24(13-15-25)11-10-18-6-4-5-7-20(18)29-24/h4-9,16-17,21-22H,10-15H2,1-3H3. The van der Waals surface area contributed by atoms with E-state index in [9.17, 15) is 4.79 Å². The Labute approximate surface area is 173 Å². The lowest BCUT2D eigenvalue weighted by Crippen LogP contribution is -2.51. The van der Waals surface area contributed by atoms with Crippen molar-refractivity contribution in [2.45, 2.75) is 63.4 Å². The number of fused-ring (bicyclic) bond motifs is 1. The largest absolute Gasteiger partial charge is 0.487 e. The number of benzene rings is 1. The molecule has 1 amide bonds. The summed E-state index contributed by atoms with van der Waals surface area (Å²) < 4.78 is 17.8. The van der Waals surface area contributed by atoms with Crippen molar-refractivity contribution in [2.75, 3.05) is 20.2 Å². The molecule has 0 N–H and O–H groups in total. The molecule has 0 bridgehead atoms. The number of ether oxygens (including phenoxy) is 3. The van der Waals surface area contributed by atoms with Gasteiger partial charge < -0.3 is 19.1 Å². The number of nitrogens with zero attached hydrogens (tertiary/aromatic N) is 1. The van der Waals surface area contributed by atoms with E-state index in [2.05, 4.69) is 18.2 Å². The summed E-state index contributed by atoms with van der Waals surface area (Å²) in [6, 6.07) is 8.30. The Morgan fingerprint density at radius 2 is 1.93 bits per heavy atom. The first-order valence-electron chi connectivity index (χ1n) is 10.6. The molecule has 5 heteroatoms. The van der Waals surface area contributed by atoms with Crippen LogP contribution in [0.1, 0.15) is 38.7 Å². The number of hydrogen-bond acceptors (Lipinski definition) is 4. The Balaban J connectivity index is 1.38. The number of aryl methyl sites for hydroxylation is 1. The van der Waals surface area contributed by atoms with Crippen LogP contribution in [0.25, 0.3) is 0 Å². The third-order valence-electron chi connectivity index (χ3n) is 6.19. The highest BCUT2D eigenvalue weighted by Gasteiger charge is 2.40. The summed E-state index contributed by atoms with van der Waals surface area (Å²) in [4.78, 5) is 15.0. The van der Waals surface area contributed by atoms with Crippen molar-refractivity contribution in [1.82, 2.24) is 4.90 Å². The van der Waals surface area contributed by atoms with E-state index in [4.69, 9.17) is 14.2 Å². The summed E-state index contributed by atoms with van der Waals surface area (Å²) in [5, 5.41) is 0. The first-order chi connectivity index (χ1) is 14.0. The predicted octanol–water partition coefficient (Wildman–Crippen LogP) is 3.68. The maximum atomic E-state index is 13.1. The van der Waals surface area contributed by atoms with Gasteiger partial charge in [0.25, 0.3) is 5.91 Å². The highest BCUT2D eigenvalue weighted by Crippen LogP contribution is 2.39. The summed E-state index contributed by atoms with van der Waals surface area (Å²) in [6.45, 7) is 5.44. The zero-order valence-corrected chi connectivity index (χ0v) is 17.6. The van der Waals surface area contributed by atoms with Gasteiger partial charge >= 0.3 is 0 Å². The maximum absolute atomic E-state index is 13.1. The summed E-state index contributed by atoms with van der Waals surface area (Å²) in [5.74, 6) is 1.08. The lowest BCUT2D eigenvalue weighted by Gasteiger charge is -2.44. The van der Waals surface area contributed by atoms with Crippen LogP contribution >= 0.6 is 0 Å². The van der Waals surface area contributed by atoms with Crippen LogP contribution in [0.5, 0.6) is 5.75 Å². The second-order valence-corrected chi connectivity index (χ2v) is 8.52. The molecule has 1 aromatic carbocycles. The van der Waals surface area contributed by atoms with E-state index in [1.54, 1.807) is 7.11 Å². The van der Waals surface area contributed by atoms with E-state index >= 15 is 0 Å². The van der Waals surface area contributed by atoms with Gasteiger partial charge in [-0.2, -0.15) is 0 Å². The third kappa shape index (κ3) is 4.26. The van der Waals surface area contributed by atoms with Crippen molar-refractivity contribution in [3.63, 3.8) is 0 Å². The van der Waals surface area contributed by atoms with Crippen LogP contribution in [0.4, 0.5) is 0 Å². The zero-order valence-electron chi connectivity index (χ0n) is 17.6. The number of rotatable bonds is 4. The molecule has 156 valence electrons. The van der Waals surface area contributed by atoms with Crippen LogP contribution in [-0.2, 0) is 20.7 Å². The fourth-order valence-electron chi connectivity index (χ4n) is 4.53. The SMILES string of the molecule is COC1C=C(C(=O)N2CCC3(CCc4ccccc4O3)CC2)C=CC1OC(C)C. The fraction of sp³-hybridized carbons (Fsp3) is 0.542. The average molecular weight is 398 g/mol. The van der Waals surface area contributed by atoms with Crippen LogP contribution in [0, 0.1) is 0 Å². The molecule has 1 spiro atoms. The first-order valence-corrected chi connectivity index (χ1v) is 10.6. The summed E-state index contributed by atoms with van der Waals surface area (Å²) >= 11 is 0. The summed E-state index contributed by atoms with van der Waals surface area (Å²) in [7, 11) is 1.65. The Morgan fingerprint density at radius 1 is 1.17 bits per heavy atom. The topological polar surface area (TPSA) is 48.0 Å². The lowest BCUT2D eigenvalue weighted by molar-refractivity contribution is -0.130. The van der Waals surface area contributed by atoms with Gasteiger partial charge in [0.15, 0.2) is 0 Å². The molecule has 2 heterocycles. The molecule has 1 aromatic rings. The van der Waals surface area contributed by atoms with Crippen LogP contribution in [0.3, 0.4) is 0 Å². The van der Waals surface area contributed by atoms with E-state index in [0.717, 1.165) is 44.5 Å². The van der Waals surface area contributed by atoms with E-state index in [-0.39, 0.29) is 29.8 Å². The van der Waals surface area contributed by atoms with Gasteiger partial charge in [0.2, 0.25) is 0 Å². The minimum atomic E-state index is -0.240. The molecular weight excluding hydrogens is 366 g/mol. The third-order valence-corrected chi connectivity index (χ3v) is 6.19. The molecule has 0 saturated carbocycles. The number of hydrogen-bond donors (Lipinski definition) is 0. The second kappa shape index (κ2) is 8.33. The summed E-state index contributed by atoms with van der Waals surface area (Å²) in [5.41, 5.74) is 1.84. The Hall–Kier alpha value is -2.11. The van der Waals surface area contributed by atoms with Crippen LogP contribution in [0.15, 0.2) is 48.1 Å². The van der Waals surface area contributed by atoms with Crippen molar-refractivity contribution in [3.05, 3.63) is 53.6 Å². The lowest BCUT2D eigenvalue weighted by atomic mass is 9.83. The van der Waals surface area contributed by atoms with Gasteiger partial charge in [0.1, 0.15) is 23.6 Å². The highest BCUT2D eigenvalue weighted by molar-refractivity contribution is 5.96. The van der Waals surface area contributed by atoms with Crippen LogP contribution < -0.4 is 4.74 Å². The number of para-hydroxylation sites is 1. The molecule has 29 heavy (non-hydrogen) atoms. The van der Waals surface area contributed by atoms with Crippen molar-refractivity contribution < 1.29 is 19.0 Å². The number of methoxy groups -OCH3 is 1.